The molecule has 3 fully saturated rings. The minimum absolute atomic E-state index is 0.135. The lowest BCUT2D eigenvalue weighted by Gasteiger charge is -2.35. The maximum absolute atomic E-state index is 10.7. The fraction of sp³-hybridized carbons (Fsp3) is 0.727. The lowest BCUT2D eigenvalue weighted by molar-refractivity contribution is -0.0232. The predicted molar refractivity (Wildman–Crippen MR) is 106 cm³/mol. The van der Waals surface area contributed by atoms with E-state index < -0.39 is 6.10 Å². The first-order valence-electron chi connectivity index (χ1n) is 10.9. The second kappa shape index (κ2) is 8.09. The van der Waals surface area contributed by atoms with Crippen molar-refractivity contribution in [2.45, 2.75) is 44.3 Å². The number of fused-ring (bicyclic) bond motifs is 2. The topological polar surface area (TPSA) is 54.4 Å². The van der Waals surface area contributed by atoms with E-state index in [-0.39, 0.29) is 12.9 Å². The number of aliphatic hydroxyl groups is 1. The monoisotopic (exact) mass is 388 g/mol. The van der Waals surface area contributed by atoms with E-state index in [0.29, 0.717) is 11.8 Å². The Balaban J connectivity index is 1.15. The van der Waals surface area contributed by atoms with E-state index in [1.54, 1.807) is 0 Å². The van der Waals surface area contributed by atoms with Crippen molar-refractivity contribution in [2.75, 3.05) is 46.1 Å². The molecule has 0 spiro atoms. The number of hydrogen-bond donors (Lipinski definition) is 1. The highest BCUT2D eigenvalue weighted by atomic mass is 16.7. The highest BCUT2D eigenvalue weighted by Gasteiger charge is 2.42. The van der Waals surface area contributed by atoms with Gasteiger partial charge in [0, 0.05) is 32.2 Å². The summed E-state index contributed by atoms with van der Waals surface area (Å²) in [6, 6.07) is 5.67. The fourth-order valence-electron chi connectivity index (χ4n) is 5.39. The van der Waals surface area contributed by atoms with E-state index >= 15 is 0 Å². The number of ether oxygens (including phenoxy) is 3. The number of nitrogens with zero attached hydrogens (tertiary/aromatic N) is 2. The first-order valence-corrected chi connectivity index (χ1v) is 10.9. The van der Waals surface area contributed by atoms with Gasteiger partial charge in [0.1, 0.15) is 11.9 Å². The minimum atomic E-state index is -0.395. The van der Waals surface area contributed by atoms with E-state index in [2.05, 4.69) is 9.80 Å². The van der Waals surface area contributed by atoms with Gasteiger partial charge in [0.2, 0.25) is 6.79 Å². The fourth-order valence-corrected chi connectivity index (χ4v) is 5.39. The molecule has 1 aliphatic carbocycles. The van der Waals surface area contributed by atoms with Crippen LogP contribution in [0.25, 0.3) is 0 Å². The second-order valence-electron chi connectivity index (χ2n) is 8.89. The Labute approximate surface area is 167 Å². The summed E-state index contributed by atoms with van der Waals surface area (Å²) in [5.74, 6) is 3.48. The highest BCUT2D eigenvalue weighted by Crippen LogP contribution is 2.40. The summed E-state index contributed by atoms with van der Waals surface area (Å²) in [7, 11) is 0. The summed E-state index contributed by atoms with van der Waals surface area (Å²) in [4.78, 5) is 5.23. The van der Waals surface area contributed by atoms with E-state index in [0.717, 1.165) is 49.7 Å². The Kier molecular flexibility index (Phi) is 5.35. The highest BCUT2D eigenvalue weighted by molar-refractivity contribution is 5.46. The van der Waals surface area contributed by atoms with Gasteiger partial charge in [-0.15, -0.1) is 0 Å². The van der Waals surface area contributed by atoms with Gasteiger partial charge >= 0.3 is 0 Å². The molecule has 154 valence electrons. The van der Waals surface area contributed by atoms with Crippen LogP contribution in [0.5, 0.6) is 17.2 Å². The lowest BCUT2D eigenvalue weighted by atomic mass is 9.78. The maximum atomic E-state index is 10.7. The standard InChI is InChI=1S/C22H32N2O4/c25-19-10-16-13-24(9-8-23-6-2-1-3-7-23)14-17(16)11-21(19)28-18-4-5-20-22(12-18)27-15-26-20/h4-5,12,16-17,19,21,25H,1-3,6-11,13-15H2/t16-,17+,19+,21+/m0/s1. The van der Waals surface area contributed by atoms with Crippen LogP contribution < -0.4 is 14.2 Å². The average molecular weight is 389 g/mol. The van der Waals surface area contributed by atoms with Crippen molar-refractivity contribution in [1.29, 1.82) is 0 Å². The Morgan fingerprint density at radius 1 is 0.929 bits per heavy atom. The summed E-state index contributed by atoms with van der Waals surface area (Å²) < 4.78 is 17.0. The molecule has 1 aromatic carbocycles. The van der Waals surface area contributed by atoms with Gasteiger partial charge < -0.3 is 29.1 Å². The molecule has 3 heterocycles. The van der Waals surface area contributed by atoms with Crippen molar-refractivity contribution in [1.82, 2.24) is 9.80 Å². The molecule has 28 heavy (non-hydrogen) atoms. The van der Waals surface area contributed by atoms with Gasteiger partial charge in [-0.05, 0) is 62.7 Å². The first kappa shape index (κ1) is 18.5. The molecule has 5 rings (SSSR count). The third-order valence-corrected chi connectivity index (χ3v) is 6.97. The van der Waals surface area contributed by atoms with Crippen molar-refractivity contribution >= 4 is 0 Å². The van der Waals surface area contributed by atoms with Crippen LogP contribution in [0.3, 0.4) is 0 Å². The van der Waals surface area contributed by atoms with Crippen LogP contribution in [-0.4, -0.2) is 73.2 Å². The number of aliphatic hydroxyl groups excluding tert-OH is 1. The third kappa shape index (κ3) is 3.95. The molecule has 0 bridgehead atoms. The Hall–Kier alpha value is -1.50. The van der Waals surface area contributed by atoms with Gasteiger partial charge in [-0.3, -0.25) is 0 Å². The van der Waals surface area contributed by atoms with Crippen LogP contribution in [-0.2, 0) is 0 Å². The molecule has 0 radical (unpaired) electrons. The van der Waals surface area contributed by atoms with Crippen LogP contribution in [0.2, 0.25) is 0 Å². The van der Waals surface area contributed by atoms with Gasteiger partial charge in [-0.1, -0.05) is 6.42 Å². The number of rotatable bonds is 5. The SMILES string of the molecule is O[C@@H]1C[C@H]2CN(CCN3CCCCC3)C[C@H]2C[C@H]1Oc1ccc2c(c1)OCO2. The van der Waals surface area contributed by atoms with E-state index in [4.69, 9.17) is 14.2 Å². The molecule has 4 aliphatic rings. The molecule has 4 atom stereocenters. The summed E-state index contributed by atoms with van der Waals surface area (Å²) in [6.45, 7) is 7.44. The number of piperidine rings is 1. The number of hydrogen-bond acceptors (Lipinski definition) is 6. The normalized spacial score (nSPS) is 33.0. The van der Waals surface area contributed by atoms with Crippen molar-refractivity contribution in [3.63, 3.8) is 0 Å². The Morgan fingerprint density at radius 2 is 1.68 bits per heavy atom. The molecule has 0 amide bonds. The van der Waals surface area contributed by atoms with Crippen LogP contribution in [0, 0.1) is 11.8 Å². The summed E-state index contributed by atoms with van der Waals surface area (Å²) in [6.07, 6.45) is 5.36. The second-order valence-corrected chi connectivity index (χ2v) is 8.89. The third-order valence-electron chi connectivity index (χ3n) is 6.97. The number of likely N-dealkylation sites (tertiary alicyclic amines) is 2. The molecule has 3 aliphatic heterocycles. The summed E-state index contributed by atoms with van der Waals surface area (Å²) >= 11 is 0. The van der Waals surface area contributed by atoms with Gasteiger partial charge in [0.25, 0.3) is 0 Å². The molecule has 6 heteroatoms. The first-order chi connectivity index (χ1) is 13.7. The van der Waals surface area contributed by atoms with Crippen molar-refractivity contribution in [3.8, 4) is 17.2 Å². The van der Waals surface area contributed by atoms with Gasteiger partial charge in [0.05, 0.1) is 6.10 Å². The van der Waals surface area contributed by atoms with Crippen LogP contribution in [0.4, 0.5) is 0 Å². The smallest absolute Gasteiger partial charge is 0.231 e. The van der Waals surface area contributed by atoms with Crippen LogP contribution in [0.15, 0.2) is 18.2 Å². The van der Waals surface area contributed by atoms with Crippen LogP contribution in [0.1, 0.15) is 32.1 Å². The predicted octanol–water partition coefficient (Wildman–Crippen LogP) is 2.35. The van der Waals surface area contributed by atoms with Crippen molar-refractivity contribution in [3.05, 3.63) is 18.2 Å². The number of benzene rings is 1. The zero-order valence-corrected chi connectivity index (χ0v) is 16.6. The van der Waals surface area contributed by atoms with Crippen LogP contribution >= 0.6 is 0 Å². The zero-order valence-electron chi connectivity index (χ0n) is 16.6. The van der Waals surface area contributed by atoms with Crippen molar-refractivity contribution in [2.24, 2.45) is 11.8 Å². The molecule has 1 N–H and O–H groups in total. The largest absolute Gasteiger partial charge is 0.488 e. The maximum Gasteiger partial charge on any atom is 0.231 e. The summed E-state index contributed by atoms with van der Waals surface area (Å²) in [5, 5.41) is 10.7. The lowest BCUT2D eigenvalue weighted by Crippen LogP contribution is -2.42. The Bertz CT molecular complexity index is 679. The molecule has 0 unspecified atom stereocenters. The van der Waals surface area contributed by atoms with Gasteiger partial charge in [-0.25, -0.2) is 0 Å². The molecule has 2 saturated heterocycles. The molecule has 6 nitrogen and oxygen atoms in total. The zero-order chi connectivity index (χ0) is 18.9. The summed E-state index contributed by atoms with van der Waals surface area (Å²) in [5.41, 5.74) is 0. The molecule has 1 saturated carbocycles. The minimum Gasteiger partial charge on any atom is -0.488 e. The molecule has 0 aromatic heterocycles. The van der Waals surface area contributed by atoms with Crippen molar-refractivity contribution < 1.29 is 19.3 Å². The van der Waals surface area contributed by atoms with Gasteiger partial charge in [0.15, 0.2) is 11.5 Å². The quantitative estimate of drug-likeness (QED) is 0.836. The molecular weight excluding hydrogens is 356 g/mol. The molecular formula is C22H32N2O4. The van der Waals surface area contributed by atoms with Gasteiger partial charge in [-0.2, -0.15) is 0 Å². The van der Waals surface area contributed by atoms with E-state index in [1.165, 1.54) is 38.9 Å². The average Bonchev–Trinajstić information content (AvgIpc) is 3.33. The Morgan fingerprint density at radius 3 is 2.54 bits per heavy atom. The molecule has 1 aromatic rings. The van der Waals surface area contributed by atoms with E-state index in [9.17, 15) is 5.11 Å². The van der Waals surface area contributed by atoms with E-state index in [1.807, 2.05) is 18.2 Å².